The third-order valence-corrected chi connectivity index (χ3v) is 5.94. The summed E-state index contributed by atoms with van der Waals surface area (Å²) in [6, 6.07) is 15.5. The average molecular weight is 427 g/mol. The standard InChI is InChI=1S/C24H31ClN4O/c1-4-18-7-13-22(14-8-18)26-24(30)29-17-20(15-16-28(5-2)6-3)23(27-29)19-9-11-21(25)12-10-19/h7-14,20H,4-6,15-17H2,1-3H3,(H,26,30). The number of anilines is 1. The first-order valence-corrected chi connectivity index (χ1v) is 11.2. The van der Waals surface area contributed by atoms with Crippen molar-refractivity contribution in [1.29, 1.82) is 0 Å². The highest BCUT2D eigenvalue weighted by atomic mass is 35.5. The first kappa shape index (κ1) is 22.3. The summed E-state index contributed by atoms with van der Waals surface area (Å²) in [6.07, 6.45) is 1.93. The van der Waals surface area contributed by atoms with Crippen molar-refractivity contribution in [1.82, 2.24) is 9.91 Å². The molecule has 1 aliphatic rings. The Morgan fingerprint density at radius 3 is 2.37 bits per heavy atom. The van der Waals surface area contributed by atoms with Gasteiger partial charge in [0.25, 0.3) is 0 Å². The molecule has 0 radical (unpaired) electrons. The number of aryl methyl sites for hydroxylation is 1. The molecule has 1 aliphatic heterocycles. The number of hydrazone groups is 1. The van der Waals surface area contributed by atoms with Crippen molar-refractivity contribution in [3.8, 4) is 0 Å². The zero-order valence-electron chi connectivity index (χ0n) is 18.1. The second-order valence-electron chi connectivity index (χ2n) is 7.57. The highest BCUT2D eigenvalue weighted by molar-refractivity contribution is 6.30. The van der Waals surface area contributed by atoms with Crippen LogP contribution in [0.3, 0.4) is 0 Å². The molecule has 1 heterocycles. The van der Waals surface area contributed by atoms with Gasteiger partial charge in [-0.1, -0.05) is 56.6 Å². The molecule has 2 aromatic carbocycles. The van der Waals surface area contributed by atoms with Gasteiger partial charge in [-0.3, -0.25) is 0 Å². The van der Waals surface area contributed by atoms with Crippen LogP contribution in [0.4, 0.5) is 10.5 Å². The Kier molecular flexibility index (Phi) is 7.88. The Morgan fingerprint density at radius 2 is 1.77 bits per heavy atom. The molecule has 0 bridgehead atoms. The summed E-state index contributed by atoms with van der Waals surface area (Å²) in [5.74, 6) is 0.194. The molecule has 1 unspecified atom stereocenters. The number of carbonyl (C=O) groups is 1. The molecule has 160 valence electrons. The van der Waals surface area contributed by atoms with Crippen molar-refractivity contribution in [3.05, 3.63) is 64.7 Å². The number of hydrogen-bond acceptors (Lipinski definition) is 3. The molecule has 0 saturated carbocycles. The Hall–Kier alpha value is -2.37. The second-order valence-corrected chi connectivity index (χ2v) is 8.00. The normalized spacial score (nSPS) is 16.1. The van der Waals surface area contributed by atoms with Gasteiger partial charge < -0.3 is 10.2 Å². The van der Waals surface area contributed by atoms with Crippen LogP contribution in [0, 0.1) is 5.92 Å². The summed E-state index contributed by atoms with van der Waals surface area (Å²) < 4.78 is 0. The maximum Gasteiger partial charge on any atom is 0.342 e. The molecule has 0 aromatic heterocycles. The van der Waals surface area contributed by atoms with Gasteiger partial charge >= 0.3 is 6.03 Å². The Labute approximate surface area is 184 Å². The average Bonchev–Trinajstić information content (AvgIpc) is 3.20. The molecule has 3 rings (SSSR count). The van der Waals surface area contributed by atoms with E-state index in [1.165, 1.54) is 5.56 Å². The summed E-state index contributed by atoms with van der Waals surface area (Å²) in [4.78, 5) is 15.3. The third-order valence-electron chi connectivity index (χ3n) is 5.68. The number of carbonyl (C=O) groups excluding carboxylic acids is 1. The van der Waals surface area contributed by atoms with Crippen molar-refractivity contribution in [3.63, 3.8) is 0 Å². The lowest BCUT2D eigenvalue weighted by atomic mass is 9.94. The van der Waals surface area contributed by atoms with Crippen LogP contribution in [-0.4, -0.2) is 47.8 Å². The fourth-order valence-corrected chi connectivity index (χ4v) is 3.83. The monoisotopic (exact) mass is 426 g/mol. The molecule has 30 heavy (non-hydrogen) atoms. The maximum atomic E-state index is 12.9. The molecule has 0 aliphatic carbocycles. The highest BCUT2D eigenvalue weighted by Gasteiger charge is 2.31. The number of urea groups is 1. The van der Waals surface area contributed by atoms with E-state index in [0.29, 0.717) is 11.6 Å². The minimum Gasteiger partial charge on any atom is -0.306 e. The molecule has 2 aromatic rings. The summed E-state index contributed by atoms with van der Waals surface area (Å²) in [5, 5.41) is 9.93. The number of nitrogens with zero attached hydrogens (tertiary/aromatic N) is 3. The van der Waals surface area contributed by atoms with E-state index >= 15 is 0 Å². The lowest BCUT2D eigenvalue weighted by Crippen LogP contribution is -2.32. The van der Waals surface area contributed by atoms with Crippen LogP contribution in [0.15, 0.2) is 53.6 Å². The van der Waals surface area contributed by atoms with Crippen LogP contribution in [0.25, 0.3) is 0 Å². The highest BCUT2D eigenvalue weighted by Crippen LogP contribution is 2.25. The predicted octanol–water partition coefficient (Wildman–Crippen LogP) is 5.50. The quantitative estimate of drug-likeness (QED) is 0.605. The molecule has 1 N–H and O–H groups in total. The van der Waals surface area contributed by atoms with Gasteiger partial charge in [0.1, 0.15) is 0 Å². The largest absolute Gasteiger partial charge is 0.342 e. The Balaban J connectivity index is 1.75. The van der Waals surface area contributed by atoms with Gasteiger partial charge in [0.05, 0.1) is 12.3 Å². The molecule has 2 amide bonds. The van der Waals surface area contributed by atoms with Crippen molar-refractivity contribution >= 4 is 29.0 Å². The van der Waals surface area contributed by atoms with Crippen molar-refractivity contribution < 1.29 is 4.79 Å². The van der Waals surface area contributed by atoms with E-state index in [1.807, 2.05) is 48.5 Å². The summed E-state index contributed by atoms with van der Waals surface area (Å²) in [6.45, 7) is 10.1. The summed E-state index contributed by atoms with van der Waals surface area (Å²) in [5.41, 5.74) is 4.00. The minimum atomic E-state index is -0.198. The molecule has 1 atom stereocenters. The molecular weight excluding hydrogens is 396 g/mol. The van der Waals surface area contributed by atoms with Gasteiger partial charge in [-0.05, 0) is 67.9 Å². The first-order valence-electron chi connectivity index (χ1n) is 10.8. The molecular formula is C24H31ClN4O. The van der Waals surface area contributed by atoms with E-state index in [2.05, 4.69) is 31.0 Å². The number of benzene rings is 2. The summed E-state index contributed by atoms with van der Waals surface area (Å²) in [7, 11) is 0. The van der Waals surface area contributed by atoms with Crippen molar-refractivity contribution in [2.75, 3.05) is 31.5 Å². The lowest BCUT2D eigenvalue weighted by Gasteiger charge is -2.21. The van der Waals surface area contributed by atoms with Crippen LogP contribution in [0.2, 0.25) is 5.02 Å². The third kappa shape index (κ3) is 5.61. The van der Waals surface area contributed by atoms with Crippen LogP contribution in [0.1, 0.15) is 38.3 Å². The van der Waals surface area contributed by atoms with Crippen molar-refractivity contribution in [2.45, 2.75) is 33.6 Å². The zero-order chi connectivity index (χ0) is 21.5. The topological polar surface area (TPSA) is 47.9 Å². The van der Waals surface area contributed by atoms with Crippen LogP contribution in [0.5, 0.6) is 0 Å². The van der Waals surface area contributed by atoms with Crippen LogP contribution < -0.4 is 5.32 Å². The Morgan fingerprint density at radius 1 is 1.10 bits per heavy atom. The van der Waals surface area contributed by atoms with E-state index in [9.17, 15) is 4.79 Å². The summed E-state index contributed by atoms with van der Waals surface area (Å²) >= 11 is 6.06. The van der Waals surface area contributed by atoms with E-state index in [0.717, 1.165) is 49.4 Å². The molecule has 6 heteroatoms. The fraction of sp³-hybridized carbons (Fsp3) is 0.417. The van der Waals surface area contributed by atoms with E-state index in [1.54, 1.807) is 5.01 Å². The van der Waals surface area contributed by atoms with Gasteiger partial charge in [0.2, 0.25) is 0 Å². The first-order chi connectivity index (χ1) is 14.5. The van der Waals surface area contributed by atoms with Gasteiger partial charge in [-0.25, -0.2) is 9.80 Å². The SMILES string of the molecule is CCc1ccc(NC(=O)N2CC(CCN(CC)CC)C(c3ccc(Cl)cc3)=N2)cc1. The van der Waals surface area contributed by atoms with Gasteiger partial charge in [0.15, 0.2) is 0 Å². The molecule has 0 fully saturated rings. The van der Waals surface area contributed by atoms with E-state index in [4.69, 9.17) is 16.7 Å². The predicted molar refractivity (Wildman–Crippen MR) is 125 cm³/mol. The molecule has 0 saturated heterocycles. The maximum absolute atomic E-state index is 12.9. The number of halogens is 1. The minimum absolute atomic E-state index is 0.194. The second kappa shape index (κ2) is 10.6. The number of nitrogens with one attached hydrogen (secondary N) is 1. The van der Waals surface area contributed by atoms with Crippen molar-refractivity contribution in [2.24, 2.45) is 11.0 Å². The van der Waals surface area contributed by atoms with Gasteiger partial charge in [-0.2, -0.15) is 5.10 Å². The molecule has 5 nitrogen and oxygen atoms in total. The van der Waals surface area contributed by atoms with Gasteiger partial charge in [-0.15, -0.1) is 0 Å². The van der Waals surface area contributed by atoms with Crippen LogP contribution in [-0.2, 0) is 6.42 Å². The number of amides is 2. The van der Waals surface area contributed by atoms with Gasteiger partial charge in [0, 0.05) is 16.6 Å². The van der Waals surface area contributed by atoms with E-state index < -0.39 is 0 Å². The van der Waals surface area contributed by atoms with E-state index in [-0.39, 0.29) is 11.9 Å². The van der Waals surface area contributed by atoms with Crippen LogP contribution >= 0.6 is 11.6 Å². The fourth-order valence-electron chi connectivity index (χ4n) is 3.71. The molecule has 0 spiro atoms. The number of hydrogen-bond donors (Lipinski definition) is 1. The lowest BCUT2D eigenvalue weighted by molar-refractivity contribution is 0.213. The smallest absolute Gasteiger partial charge is 0.306 e. The Bertz CT molecular complexity index is 860. The number of rotatable bonds is 8. The zero-order valence-corrected chi connectivity index (χ0v) is 18.8.